The fourth-order valence-electron chi connectivity index (χ4n) is 6.02. The Bertz CT molecular complexity index is 1040. The first-order chi connectivity index (χ1) is 17.1. The largest absolute Gasteiger partial charge is 0.490 e. The van der Waals surface area contributed by atoms with Gasteiger partial charge in [0.2, 0.25) is 0 Å². The molecule has 1 aliphatic carbocycles. The summed E-state index contributed by atoms with van der Waals surface area (Å²) < 4.78 is 12.2. The Kier molecular flexibility index (Phi) is 6.04. The molecule has 0 radical (unpaired) electrons. The van der Waals surface area contributed by atoms with E-state index in [1.807, 2.05) is 19.1 Å². The highest BCUT2D eigenvalue weighted by atomic mass is 16.6. The summed E-state index contributed by atoms with van der Waals surface area (Å²) in [6, 6.07) is 13.3. The van der Waals surface area contributed by atoms with Crippen molar-refractivity contribution in [1.82, 2.24) is 9.88 Å². The third-order valence-corrected chi connectivity index (χ3v) is 8.45. The highest BCUT2D eigenvalue weighted by Crippen LogP contribution is 2.37. The minimum atomic E-state index is -0.422. The molecule has 4 aliphatic rings. The van der Waals surface area contributed by atoms with Crippen LogP contribution in [-0.4, -0.2) is 66.4 Å². The number of hydrogen-bond acceptors (Lipinski definition) is 6. The van der Waals surface area contributed by atoms with Crippen molar-refractivity contribution in [3.63, 3.8) is 0 Å². The molecular weight excluding hydrogens is 440 g/mol. The molecule has 4 fully saturated rings. The van der Waals surface area contributed by atoms with Crippen molar-refractivity contribution in [2.75, 3.05) is 42.5 Å². The Morgan fingerprint density at radius 2 is 1.74 bits per heavy atom. The molecule has 1 saturated carbocycles. The number of hydrogen-bond donors (Lipinski definition) is 0. The Labute approximate surface area is 208 Å². The molecule has 3 aliphatic heterocycles. The Balaban J connectivity index is 1.01. The number of ether oxygens (including phenoxy) is 2. The molecule has 0 N–H and O–H groups in total. The number of amides is 1. The second-order valence-corrected chi connectivity index (χ2v) is 10.7. The molecule has 3 saturated heterocycles. The van der Waals surface area contributed by atoms with Crippen LogP contribution in [0.5, 0.6) is 5.75 Å². The summed E-state index contributed by atoms with van der Waals surface area (Å²) in [7, 11) is 0. The first-order valence-corrected chi connectivity index (χ1v) is 13.3. The second kappa shape index (κ2) is 9.34. The lowest BCUT2D eigenvalue weighted by molar-refractivity contribution is 0.0366. The van der Waals surface area contributed by atoms with Gasteiger partial charge in [-0.25, -0.2) is 9.78 Å². The number of piperidine rings is 2. The van der Waals surface area contributed by atoms with Crippen LogP contribution in [0.25, 0.3) is 0 Å². The zero-order valence-electron chi connectivity index (χ0n) is 20.7. The van der Waals surface area contributed by atoms with Crippen molar-refractivity contribution >= 4 is 17.6 Å². The molecule has 7 nitrogen and oxygen atoms in total. The summed E-state index contributed by atoms with van der Waals surface area (Å²) >= 11 is 0. The van der Waals surface area contributed by atoms with Crippen molar-refractivity contribution in [3.05, 3.63) is 48.2 Å². The minimum Gasteiger partial charge on any atom is -0.490 e. The molecule has 4 heterocycles. The van der Waals surface area contributed by atoms with Gasteiger partial charge < -0.3 is 19.3 Å². The van der Waals surface area contributed by atoms with Crippen LogP contribution in [-0.2, 0) is 4.74 Å². The molecule has 7 heteroatoms. The summed E-state index contributed by atoms with van der Waals surface area (Å²) in [5.41, 5.74) is 1.77. The zero-order valence-corrected chi connectivity index (χ0v) is 20.7. The molecule has 6 rings (SSSR count). The number of nitrogens with zero attached hydrogens (tertiary/aromatic N) is 4. The van der Waals surface area contributed by atoms with E-state index in [0.29, 0.717) is 18.5 Å². The zero-order chi connectivity index (χ0) is 23.8. The summed E-state index contributed by atoms with van der Waals surface area (Å²) in [6.45, 7) is 6.62. The maximum atomic E-state index is 12.7. The molecule has 1 aromatic carbocycles. The number of carbonyl (C=O) groups is 1. The van der Waals surface area contributed by atoms with E-state index < -0.39 is 5.60 Å². The molecule has 35 heavy (non-hydrogen) atoms. The van der Waals surface area contributed by atoms with Crippen LogP contribution in [0.4, 0.5) is 16.3 Å². The van der Waals surface area contributed by atoms with E-state index >= 15 is 0 Å². The molecule has 1 aromatic heterocycles. The van der Waals surface area contributed by atoms with Crippen LogP contribution in [0.15, 0.2) is 42.6 Å². The normalized spacial score (nSPS) is 23.4. The van der Waals surface area contributed by atoms with Gasteiger partial charge in [0.05, 0.1) is 6.54 Å². The van der Waals surface area contributed by atoms with E-state index in [0.717, 1.165) is 56.1 Å². The predicted molar refractivity (Wildman–Crippen MR) is 136 cm³/mol. The Morgan fingerprint density at radius 3 is 2.40 bits per heavy atom. The Hall–Kier alpha value is -2.80. The maximum Gasteiger partial charge on any atom is 0.416 e. The minimum absolute atomic E-state index is 0.278. The predicted octanol–water partition coefficient (Wildman–Crippen LogP) is 4.78. The van der Waals surface area contributed by atoms with Gasteiger partial charge in [-0.2, -0.15) is 0 Å². The average Bonchev–Trinajstić information content (AvgIpc) is 3.16. The number of aryl methyl sites for hydroxylation is 1. The number of aromatic nitrogens is 1. The number of anilines is 2. The van der Waals surface area contributed by atoms with Crippen LogP contribution in [0.3, 0.4) is 0 Å². The van der Waals surface area contributed by atoms with E-state index in [4.69, 9.17) is 9.47 Å². The molecule has 0 bridgehead atoms. The van der Waals surface area contributed by atoms with E-state index in [-0.39, 0.29) is 6.09 Å². The molecule has 186 valence electrons. The molecular formula is C28H36N4O3. The summed E-state index contributed by atoms with van der Waals surface area (Å²) in [5.74, 6) is 1.68. The lowest BCUT2D eigenvalue weighted by Gasteiger charge is -2.41. The van der Waals surface area contributed by atoms with Gasteiger partial charge in [0.1, 0.15) is 23.3 Å². The van der Waals surface area contributed by atoms with Crippen LogP contribution in [0, 0.1) is 6.92 Å². The third-order valence-electron chi connectivity index (χ3n) is 8.45. The van der Waals surface area contributed by atoms with Gasteiger partial charge in [-0.3, -0.25) is 4.90 Å². The lowest BCUT2D eigenvalue weighted by Crippen LogP contribution is -2.47. The number of likely N-dealkylation sites (tertiary alicyclic amines) is 1. The average molecular weight is 477 g/mol. The van der Waals surface area contributed by atoms with Gasteiger partial charge in [-0.1, -0.05) is 12.5 Å². The van der Waals surface area contributed by atoms with Crippen molar-refractivity contribution < 1.29 is 14.3 Å². The highest BCUT2D eigenvalue weighted by molar-refractivity contribution is 5.90. The SMILES string of the molecule is Cc1cccnc1N1CC2(CCN(c3ccc(OC4CCN(C5CCC5)CC4)cc3)CC2)OC1=O. The molecule has 0 atom stereocenters. The summed E-state index contributed by atoms with van der Waals surface area (Å²) in [6.07, 6.45) is 9.84. The first-order valence-electron chi connectivity index (χ1n) is 13.3. The topological polar surface area (TPSA) is 58.1 Å². The smallest absolute Gasteiger partial charge is 0.416 e. The molecule has 2 aromatic rings. The van der Waals surface area contributed by atoms with Crippen molar-refractivity contribution in [2.45, 2.75) is 69.6 Å². The van der Waals surface area contributed by atoms with Crippen molar-refractivity contribution in [1.29, 1.82) is 0 Å². The number of benzene rings is 1. The maximum absolute atomic E-state index is 12.7. The molecule has 1 amide bonds. The second-order valence-electron chi connectivity index (χ2n) is 10.7. The van der Waals surface area contributed by atoms with Gasteiger partial charge in [0.25, 0.3) is 0 Å². The van der Waals surface area contributed by atoms with Gasteiger partial charge in [-0.15, -0.1) is 0 Å². The van der Waals surface area contributed by atoms with Crippen LogP contribution >= 0.6 is 0 Å². The summed E-state index contributed by atoms with van der Waals surface area (Å²) in [4.78, 5) is 23.8. The fourth-order valence-corrected chi connectivity index (χ4v) is 6.02. The van der Waals surface area contributed by atoms with Gasteiger partial charge in [0.15, 0.2) is 0 Å². The van der Waals surface area contributed by atoms with Crippen molar-refractivity contribution in [2.24, 2.45) is 0 Å². The van der Waals surface area contributed by atoms with Crippen LogP contribution in [0.2, 0.25) is 0 Å². The first kappa shape index (κ1) is 22.7. The summed E-state index contributed by atoms with van der Waals surface area (Å²) in [5, 5.41) is 0. The van der Waals surface area contributed by atoms with Gasteiger partial charge in [-0.05, 0) is 68.5 Å². The van der Waals surface area contributed by atoms with Crippen molar-refractivity contribution in [3.8, 4) is 5.75 Å². The Morgan fingerprint density at radius 1 is 1.00 bits per heavy atom. The lowest BCUT2D eigenvalue weighted by atomic mass is 9.90. The van der Waals surface area contributed by atoms with Crippen LogP contribution < -0.4 is 14.5 Å². The highest BCUT2D eigenvalue weighted by Gasteiger charge is 2.48. The van der Waals surface area contributed by atoms with E-state index in [2.05, 4.69) is 39.0 Å². The van der Waals surface area contributed by atoms with E-state index in [9.17, 15) is 4.79 Å². The van der Waals surface area contributed by atoms with Gasteiger partial charge >= 0.3 is 6.09 Å². The fraction of sp³-hybridized carbons (Fsp3) is 0.571. The standard InChI is InChI=1S/C28H36N4O3/c1-21-4-3-15-29-26(21)32-20-28(35-27(32)33)13-18-31(19-14-28)23-7-9-24(10-8-23)34-25-11-16-30(17-12-25)22-5-2-6-22/h3-4,7-10,15,22,25H,2,5-6,11-14,16-20H2,1H3. The molecule has 1 spiro atoms. The van der Waals surface area contributed by atoms with E-state index in [1.165, 1.54) is 38.0 Å². The number of rotatable bonds is 5. The number of pyridine rings is 1. The number of carbonyl (C=O) groups excluding carboxylic acids is 1. The van der Waals surface area contributed by atoms with E-state index in [1.54, 1.807) is 11.1 Å². The van der Waals surface area contributed by atoms with Crippen LogP contribution in [0.1, 0.15) is 50.5 Å². The quantitative estimate of drug-likeness (QED) is 0.619. The molecule has 0 unspecified atom stereocenters. The monoisotopic (exact) mass is 476 g/mol. The third kappa shape index (κ3) is 4.58. The van der Waals surface area contributed by atoms with Gasteiger partial charge in [0, 0.05) is 56.9 Å².